The third kappa shape index (κ3) is 13.5. The van der Waals surface area contributed by atoms with Crippen LogP contribution >= 0.6 is 19.4 Å². The molecule has 1 aliphatic heterocycles. The number of aromatic nitrogens is 3. The summed E-state index contributed by atoms with van der Waals surface area (Å²) in [6.07, 6.45) is 16.0. The molecule has 3 heterocycles. The first kappa shape index (κ1) is 44.1. The highest BCUT2D eigenvalue weighted by atomic mass is 35.5. The highest BCUT2D eigenvalue weighted by molar-refractivity contribution is 7.47. The second-order valence-corrected chi connectivity index (χ2v) is 16.5. The number of rotatable bonds is 26. The number of nitriles is 1. The van der Waals surface area contributed by atoms with Crippen LogP contribution in [0, 0.1) is 11.3 Å². The smallest absolute Gasteiger partial charge is 0.387 e. The largest absolute Gasteiger partial charge is 0.472 e. The number of phosphoric ester groups is 1. The lowest BCUT2D eigenvalue weighted by Crippen LogP contribution is -2.44. The normalized spacial score (nSPS) is 21.7. The monoisotopic (exact) mass is 791 g/mol. The maximum atomic E-state index is 13.1. The van der Waals surface area contributed by atoms with Crippen molar-refractivity contribution in [1.82, 2.24) is 14.6 Å². The number of aliphatic hydroxyl groups excluding tert-OH is 2. The molecule has 0 bridgehead atoms. The highest BCUT2D eigenvalue weighted by Crippen LogP contribution is 2.48. The number of halogens is 1. The van der Waals surface area contributed by atoms with Crippen molar-refractivity contribution in [1.29, 1.82) is 5.26 Å². The van der Waals surface area contributed by atoms with E-state index in [1.165, 1.54) is 94.8 Å². The summed E-state index contributed by atoms with van der Waals surface area (Å²) in [7, 11) is -4.66. The topological polar surface area (TPSA) is 195 Å². The van der Waals surface area contributed by atoms with Crippen molar-refractivity contribution in [2.24, 2.45) is 0 Å². The second-order valence-electron chi connectivity index (χ2n) is 14.7. The molecule has 6 atom stereocenters. The standard InChI is InChI=1S/C39H59ClN5O8P/c1-3-4-5-6-7-8-9-10-11-12-13-14-15-16-17-18-32(50-25-30-21-29(24-41)22-31(40)23-30)26-51-54(48,49)52-27-39(2)37(47)35(46)36(53-39)33-19-20-34-38(42)43-28-44-45(33)34/h19-23,28,32,35-37,46-47H,3-18,25-27H2,1-2H3,(H,48,49)(H2,42,43,44)/t32-,35+,36+,37+,39-/m1/s1. The minimum atomic E-state index is -4.66. The van der Waals surface area contributed by atoms with Crippen LogP contribution in [0.1, 0.15) is 140 Å². The first-order valence-electron chi connectivity index (χ1n) is 19.5. The molecule has 4 rings (SSSR count). The van der Waals surface area contributed by atoms with Crippen molar-refractivity contribution in [2.45, 2.75) is 153 Å². The van der Waals surface area contributed by atoms with E-state index in [-0.39, 0.29) is 19.0 Å². The van der Waals surface area contributed by atoms with Gasteiger partial charge in [-0.3, -0.25) is 9.05 Å². The van der Waals surface area contributed by atoms with Gasteiger partial charge in [0, 0.05) is 5.02 Å². The third-order valence-corrected chi connectivity index (χ3v) is 11.2. The number of nitrogen functional groups attached to an aromatic ring is 1. The van der Waals surface area contributed by atoms with Crippen LogP contribution in [-0.4, -0.2) is 66.8 Å². The fourth-order valence-electron chi connectivity index (χ4n) is 6.89. The number of aliphatic hydroxyl groups is 2. The molecule has 0 radical (unpaired) electrons. The Morgan fingerprint density at radius 2 is 1.63 bits per heavy atom. The van der Waals surface area contributed by atoms with Crippen molar-refractivity contribution >= 4 is 30.8 Å². The van der Waals surface area contributed by atoms with Crippen LogP contribution in [-0.2, 0) is 29.7 Å². The van der Waals surface area contributed by atoms with Gasteiger partial charge in [-0.2, -0.15) is 10.4 Å². The quantitative estimate of drug-likeness (QED) is 0.0449. The summed E-state index contributed by atoms with van der Waals surface area (Å²) >= 11 is 6.19. The molecule has 1 aliphatic rings. The minimum absolute atomic E-state index is 0.126. The average molecular weight is 792 g/mol. The van der Waals surface area contributed by atoms with Gasteiger partial charge in [-0.05, 0) is 49.2 Å². The summed E-state index contributed by atoms with van der Waals surface area (Å²) in [6.45, 7) is 3.06. The maximum absolute atomic E-state index is 13.1. The van der Waals surface area contributed by atoms with Gasteiger partial charge in [-0.1, -0.05) is 115 Å². The minimum Gasteiger partial charge on any atom is -0.387 e. The Morgan fingerprint density at radius 3 is 2.26 bits per heavy atom. The number of hydrogen-bond donors (Lipinski definition) is 4. The van der Waals surface area contributed by atoms with E-state index in [1.807, 2.05) is 0 Å². The average Bonchev–Trinajstić information content (AvgIpc) is 3.68. The lowest BCUT2D eigenvalue weighted by Gasteiger charge is -2.28. The molecule has 0 spiro atoms. The Kier molecular flexibility index (Phi) is 18.1. The molecule has 1 aromatic carbocycles. The van der Waals surface area contributed by atoms with Crippen molar-refractivity contribution in [2.75, 3.05) is 18.9 Å². The number of fused-ring (bicyclic) bond motifs is 1. The lowest BCUT2D eigenvalue weighted by molar-refractivity contribution is -0.101. The number of nitrogens with two attached hydrogens (primary N) is 1. The summed E-state index contributed by atoms with van der Waals surface area (Å²) in [6, 6.07) is 10.4. The van der Waals surface area contributed by atoms with Gasteiger partial charge < -0.3 is 30.3 Å². The van der Waals surface area contributed by atoms with Crippen LogP contribution in [0.4, 0.5) is 5.82 Å². The van der Waals surface area contributed by atoms with Crippen molar-refractivity contribution in [3.05, 3.63) is 58.5 Å². The van der Waals surface area contributed by atoms with E-state index in [1.54, 1.807) is 30.3 Å². The molecule has 0 aliphatic carbocycles. The van der Waals surface area contributed by atoms with Crippen molar-refractivity contribution < 1.29 is 38.2 Å². The molecule has 2 aromatic heterocycles. The van der Waals surface area contributed by atoms with Gasteiger partial charge in [0.25, 0.3) is 0 Å². The molecule has 13 nitrogen and oxygen atoms in total. The summed E-state index contributed by atoms with van der Waals surface area (Å²) in [5, 5.41) is 35.8. The molecular weight excluding hydrogens is 733 g/mol. The molecule has 0 amide bonds. The molecule has 3 aromatic rings. The van der Waals surface area contributed by atoms with Gasteiger partial charge in [0.15, 0.2) is 5.82 Å². The van der Waals surface area contributed by atoms with E-state index in [0.717, 1.165) is 19.3 Å². The Hall–Kier alpha value is -2.63. The number of anilines is 1. The molecule has 1 saturated heterocycles. The van der Waals surface area contributed by atoms with E-state index in [2.05, 4.69) is 23.1 Å². The zero-order chi connectivity index (χ0) is 39.0. The van der Waals surface area contributed by atoms with Crippen molar-refractivity contribution in [3.8, 4) is 6.07 Å². The molecule has 1 unspecified atom stereocenters. The number of benzene rings is 1. The van der Waals surface area contributed by atoms with Crippen LogP contribution in [0.2, 0.25) is 5.02 Å². The summed E-state index contributed by atoms with van der Waals surface area (Å²) in [4.78, 5) is 14.6. The van der Waals surface area contributed by atoms with Gasteiger partial charge >= 0.3 is 7.82 Å². The lowest BCUT2D eigenvalue weighted by atomic mass is 9.97. The van der Waals surface area contributed by atoms with Crippen LogP contribution in [0.15, 0.2) is 36.7 Å². The van der Waals surface area contributed by atoms with Gasteiger partial charge in [0.05, 0.1) is 43.3 Å². The molecule has 0 saturated carbocycles. The van der Waals surface area contributed by atoms with Gasteiger partial charge in [0.2, 0.25) is 0 Å². The van der Waals surface area contributed by atoms with E-state index in [4.69, 9.17) is 35.9 Å². The molecule has 54 heavy (non-hydrogen) atoms. The Bertz CT molecular complexity index is 1670. The zero-order valence-corrected chi connectivity index (χ0v) is 33.4. The Balaban J connectivity index is 1.23. The van der Waals surface area contributed by atoms with Crippen molar-refractivity contribution in [3.63, 3.8) is 0 Å². The van der Waals surface area contributed by atoms with Crippen LogP contribution in [0.3, 0.4) is 0 Å². The van der Waals surface area contributed by atoms with E-state index < -0.39 is 44.4 Å². The van der Waals surface area contributed by atoms with E-state index in [9.17, 15) is 24.9 Å². The van der Waals surface area contributed by atoms with Crippen LogP contribution in [0.25, 0.3) is 5.52 Å². The van der Waals surface area contributed by atoms with Gasteiger partial charge in [0.1, 0.15) is 35.8 Å². The summed E-state index contributed by atoms with van der Waals surface area (Å²) in [5.41, 5.74) is 6.39. The molecule has 1 fully saturated rings. The Labute approximate surface area is 324 Å². The third-order valence-electron chi connectivity index (χ3n) is 10.1. The SMILES string of the molecule is CCCCCCCCCCCCCCCCC[C@H](COP(=O)(O)OC[C@@]1(C)O[C@@H](c2ccc3c(N)ncnn23)[C@H](O)[C@@H]1O)OCc1cc(Cl)cc(C#N)c1. The zero-order valence-electron chi connectivity index (χ0n) is 31.8. The predicted molar refractivity (Wildman–Crippen MR) is 208 cm³/mol. The fourth-order valence-corrected chi connectivity index (χ4v) is 8.00. The van der Waals surface area contributed by atoms with Gasteiger partial charge in [-0.15, -0.1) is 0 Å². The van der Waals surface area contributed by atoms with Crippen LogP contribution < -0.4 is 5.73 Å². The number of phosphoric acid groups is 1. The number of ether oxygens (including phenoxy) is 2. The fraction of sp³-hybridized carbons (Fsp3) is 0.667. The Morgan fingerprint density at radius 1 is 1.00 bits per heavy atom. The first-order valence-corrected chi connectivity index (χ1v) is 21.4. The molecular formula is C39H59ClN5O8P. The number of nitrogens with zero attached hydrogens (tertiary/aromatic N) is 4. The highest BCUT2D eigenvalue weighted by Gasteiger charge is 2.53. The summed E-state index contributed by atoms with van der Waals surface area (Å²) in [5.74, 6) is 0.232. The summed E-state index contributed by atoms with van der Waals surface area (Å²) < 4.78 is 37.5. The molecule has 5 N–H and O–H groups in total. The second kappa shape index (κ2) is 22.2. The predicted octanol–water partition coefficient (Wildman–Crippen LogP) is 8.37. The first-order chi connectivity index (χ1) is 26.0. The van der Waals surface area contributed by atoms with Crippen LogP contribution in [0.5, 0.6) is 0 Å². The maximum Gasteiger partial charge on any atom is 0.472 e. The molecule has 300 valence electrons. The number of hydrogen-bond acceptors (Lipinski definition) is 11. The van der Waals surface area contributed by atoms with E-state index in [0.29, 0.717) is 33.8 Å². The van der Waals surface area contributed by atoms with Gasteiger partial charge in [-0.25, -0.2) is 14.1 Å². The number of unbranched alkanes of at least 4 members (excludes halogenated alkanes) is 14. The van der Waals surface area contributed by atoms with E-state index >= 15 is 0 Å². The molecule has 15 heteroatoms.